The van der Waals surface area contributed by atoms with E-state index in [2.05, 4.69) is 0 Å². The maximum absolute atomic E-state index is 12.6. The number of nitro groups is 1. The number of ether oxygens (including phenoxy) is 2. The van der Waals surface area contributed by atoms with Crippen LogP contribution >= 0.6 is 0 Å². The molecule has 0 aromatic carbocycles. The highest BCUT2D eigenvalue weighted by Crippen LogP contribution is 2.34. The Labute approximate surface area is 164 Å². The number of rotatable bonds is 4. The van der Waals surface area contributed by atoms with Crippen molar-refractivity contribution in [3.8, 4) is 0 Å². The van der Waals surface area contributed by atoms with Gasteiger partial charge in [-0.3, -0.25) is 19.7 Å². The highest BCUT2D eigenvalue weighted by atomic mass is 16.6. The Balaban J connectivity index is 2.05. The molecule has 3 fully saturated rings. The van der Waals surface area contributed by atoms with E-state index in [1.54, 1.807) is 0 Å². The molecule has 154 valence electrons. The van der Waals surface area contributed by atoms with Gasteiger partial charge in [-0.1, -0.05) is 13.8 Å². The van der Waals surface area contributed by atoms with Gasteiger partial charge in [-0.15, -0.1) is 0 Å². The molecule has 0 atom stereocenters. The molecule has 0 amide bonds. The molecule has 0 aromatic rings. The zero-order valence-electron chi connectivity index (χ0n) is 16.4. The molecular weight excluding hydrogens is 366 g/mol. The summed E-state index contributed by atoms with van der Waals surface area (Å²) in [6, 6.07) is 0. The van der Waals surface area contributed by atoms with Crippen molar-refractivity contribution in [3.05, 3.63) is 33.3 Å². The summed E-state index contributed by atoms with van der Waals surface area (Å²) in [4.78, 5) is 40.4. The summed E-state index contributed by atoms with van der Waals surface area (Å²) in [7, 11) is 0. The quantitative estimate of drug-likeness (QED) is 0.301. The lowest BCUT2D eigenvalue weighted by atomic mass is 9.74. The summed E-state index contributed by atoms with van der Waals surface area (Å²) in [6.45, 7) is 7.67. The first-order chi connectivity index (χ1) is 13.3. The molecule has 2 heterocycles. The fourth-order valence-corrected chi connectivity index (χ4v) is 3.85. The fourth-order valence-electron chi connectivity index (χ4n) is 3.85. The van der Waals surface area contributed by atoms with Crippen molar-refractivity contribution in [1.29, 1.82) is 0 Å². The molecule has 2 saturated heterocycles. The van der Waals surface area contributed by atoms with E-state index in [1.807, 2.05) is 23.6 Å². The number of carbonyl (C=O) groups is 2. The normalized spacial score (nSPS) is 22.9. The van der Waals surface area contributed by atoms with Crippen molar-refractivity contribution in [2.45, 2.75) is 26.7 Å². The third-order valence-electron chi connectivity index (χ3n) is 5.21. The SMILES string of the molecule is CC1(C)CC(=O)C(=CC(=C(N2CCOCC2)N2CCOCC2)[N+](=O)[O-])C(=O)C1. The molecule has 0 N–H and O–H groups in total. The van der Waals surface area contributed by atoms with E-state index >= 15 is 0 Å². The van der Waals surface area contributed by atoms with Crippen LogP contribution in [-0.2, 0) is 19.1 Å². The van der Waals surface area contributed by atoms with E-state index in [1.165, 1.54) is 6.08 Å². The van der Waals surface area contributed by atoms with Crippen molar-refractivity contribution in [2.24, 2.45) is 5.41 Å². The van der Waals surface area contributed by atoms with Gasteiger partial charge in [0, 0.05) is 45.1 Å². The minimum atomic E-state index is -0.492. The molecule has 9 heteroatoms. The fraction of sp³-hybridized carbons (Fsp3) is 0.684. The molecule has 1 saturated carbocycles. The maximum atomic E-state index is 12.6. The molecule has 0 radical (unpaired) electrons. The first kappa shape index (κ1) is 20.5. The topological polar surface area (TPSA) is 102 Å². The van der Waals surface area contributed by atoms with Crippen LogP contribution in [0.1, 0.15) is 26.7 Å². The van der Waals surface area contributed by atoms with Gasteiger partial charge in [0.25, 0.3) is 0 Å². The van der Waals surface area contributed by atoms with Gasteiger partial charge in [-0.25, -0.2) is 0 Å². The highest BCUT2D eigenvalue weighted by Gasteiger charge is 2.38. The lowest BCUT2D eigenvalue weighted by Crippen LogP contribution is -2.47. The number of morpholine rings is 2. The van der Waals surface area contributed by atoms with Crippen molar-refractivity contribution in [1.82, 2.24) is 9.80 Å². The van der Waals surface area contributed by atoms with Gasteiger partial charge in [0.1, 0.15) is 0 Å². The molecule has 28 heavy (non-hydrogen) atoms. The Morgan fingerprint density at radius 2 is 1.39 bits per heavy atom. The van der Waals surface area contributed by atoms with Crippen LogP contribution < -0.4 is 0 Å². The third-order valence-corrected chi connectivity index (χ3v) is 5.21. The molecule has 0 bridgehead atoms. The maximum Gasteiger partial charge on any atom is 0.310 e. The van der Waals surface area contributed by atoms with Gasteiger partial charge in [0.05, 0.1) is 36.9 Å². The largest absolute Gasteiger partial charge is 0.378 e. The van der Waals surface area contributed by atoms with Crippen LogP contribution in [-0.4, -0.2) is 78.9 Å². The molecule has 0 unspecified atom stereocenters. The molecule has 2 aliphatic heterocycles. The van der Waals surface area contributed by atoms with Crippen LogP contribution in [0.4, 0.5) is 0 Å². The molecule has 3 rings (SSSR count). The summed E-state index contributed by atoms with van der Waals surface area (Å²) in [5, 5.41) is 12.0. The second kappa shape index (κ2) is 8.40. The second-order valence-corrected chi connectivity index (χ2v) is 8.09. The lowest BCUT2D eigenvalue weighted by Gasteiger charge is -2.38. The van der Waals surface area contributed by atoms with Gasteiger partial charge in [-0.05, 0) is 5.41 Å². The Kier molecular flexibility index (Phi) is 6.14. The highest BCUT2D eigenvalue weighted by molar-refractivity contribution is 6.22. The summed E-state index contributed by atoms with van der Waals surface area (Å²) >= 11 is 0. The van der Waals surface area contributed by atoms with Gasteiger partial charge >= 0.3 is 5.70 Å². The lowest BCUT2D eigenvalue weighted by molar-refractivity contribution is -0.422. The minimum absolute atomic E-state index is 0.0648. The first-order valence-electron chi connectivity index (χ1n) is 9.61. The number of hydrogen-bond acceptors (Lipinski definition) is 8. The van der Waals surface area contributed by atoms with E-state index in [0.717, 1.165) is 0 Å². The van der Waals surface area contributed by atoms with Gasteiger partial charge in [0.2, 0.25) is 0 Å². The summed E-state index contributed by atoms with van der Waals surface area (Å²) in [5.74, 6) is -0.220. The van der Waals surface area contributed by atoms with E-state index in [0.29, 0.717) is 58.4 Å². The molecular formula is C19H27N3O6. The first-order valence-corrected chi connectivity index (χ1v) is 9.61. The summed E-state index contributed by atoms with van der Waals surface area (Å²) in [5.41, 5.74) is -0.688. The van der Waals surface area contributed by atoms with Gasteiger partial charge in [0.15, 0.2) is 17.4 Å². The van der Waals surface area contributed by atoms with Crippen LogP contribution in [0.15, 0.2) is 23.2 Å². The van der Waals surface area contributed by atoms with E-state index in [9.17, 15) is 19.7 Å². The summed E-state index contributed by atoms with van der Waals surface area (Å²) < 4.78 is 10.8. The van der Waals surface area contributed by atoms with E-state index in [-0.39, 0.29) is 35.7 Å². The van der Waals surface area contributed by atoms with Gasteiger partial charge in [-0.2, -0.15) is 0 Å². The van der Waals surface area contributed by atoms with Gasteiger partial charge < -0.3 is 19.3 Å². The molecule has 9 nitrogen and oxygen atoms in total. The van der Waals surface area contributed by atoms with E-state index in [4.69, 9.17) is 9.47 Å². The minimum Gasteiger partial charge on any atom is -0.378 e. The number of nitrogens with zero attached hydrogens (tertiary/aromatic N) is 3. The van der Waals surface area contributed by atoms with Crippen LogP contribution in [0, 0.1) is 15.5 Å². The molecule has 0 aromatic heterocycles. The van der Waals surface area contributed by atoms with Crippen LogP contribution in [0.2, 0.25) is 0 Å². The van der Waals surface area contributed by atoms with Crippen LogP contribution in [0.5, 0.6) is 0 Å². The predicted octanol–water partition coefficient (Wildman–Crippen LogP) is 0.981. The predicted molar refractivity (Wildman–Crippen MR) is 99.9 cm³/mol. The molecule has 3 aliphatic rings. The zero-order chi connectivity index (χ0) is 20.3. The van der Waals surface area contributed by atoms with Crippen molar-refractivity contribution in [2.75, 3.05) is 52.6 Å². The van der Waals surface area contributed by atoms with Crippen molar-refractivity contribution >= 4 is 11.6 Å². The number of allylic oxidation sites excluding steroid dienone is 2. The Hall–Kier alpha value is -2.26. The van der Waals surface area contributed by atoms with Crippen LogP contribution in [0.3, 0.4) is 0 Å². The Morgan fingerprint density at radius 1 is 0.964 bits per heavy atom. The average molecular weight is 393 g/mol. The monoisotopic (exact) mass is 393 g/mol. The number of hydrogen-bond donors (Lipinski definition) is 0. The standard InChI is InChI=1S/C19H27N3O6/c1-19(2)12-16(23)14(17(24)13-19)11-15(22(25)26)18(20-3-7-27-8-4-20)21-5-9-28-10-6-21/h11H,3-10,12-13H2,1-2H3. The second-order valence-electron chi connectivity index (χ2n) is 8.09. The third kappa shape index (κ3) is 4.59. The van der Waals surface area contributed by atoms with Crippen molar-refractivity contribution < 1.29 is 24.0 Å². The smallest absolute Gasteiger partial charge is 0.310 e. The molecule has 1 aliphatic carbocycles. The Bertz CT molecular complexity index is 673. The van der Waals surface area contributed by atoms with E-state index < -0.39 is 10.3 Å². The van der Waals surface area contributed by atoms with Crippen LogP contribution in [0.25, 0.3) is 0 Å². The average Bonchev–Trinajstić information content (AvgIpc) is 2.64. The Morgan fingerprint density at radius 3 is 1.79 bits per heavy atom. The number of carbonyl (C=O) groups excluding carboxylic acids is 2. The zero-order valence-corrected chi connectivity index (χ0v) is 16.4. The summed E-state index contributed by atoms with van der Waals surface area (Å²) in [6.07, 6.45) is 1.61. The molecule has 0 spiro atoms. The number of ketones is 2. The number of Topliss-reactive ketones (excluding diaryl/α,β-unsaturated/α-hetero) is 2. The van der Waals surface area contributed by atoms with Crippen molar-refractivity contribution in [3.63, 3.8) is 0 Å².